The van der Waals surface area contributed by atoms with Crippen LogP contribution in [0.5, 0.6) is 0 Å². The quantitative estimate of drug-likeness (QED) is 0.752. The van der Waals surface area contributed by atoms with Crippen molar-refractivity contribution in [2.75, 3.05) is 6.61 Å². The molecule has 132 valence electrons. The fourth-order valence-corrected chi connectivity index (χ4v) is 2.08. The highest BCUT2D eigenvalue weighted by Gasteiger charge is 2.44. The van der Waals surface area contributed by atoms with Gasteiger partial charge in [-0.1, -0.05) is 30.3 Å². The first kappa shape index (κ1) is 18.5. The number of esters is 2. The second kappa shape index (κ2) is 7.83. The van der Waals surface area contributed by atoms with Gasteiger partial charge in [0.15, 0.2) is 0 Å². The minimum atomic E-state index is -4.75. The van der Waals surface area contributed by atoms with Gasteiger partial charge in [0.05, 0.1) is 17.7 Å². The number of hydrogen-bond donors (Lipinski definition) is 0. The molecular formula is C18H15F3O4. The summed E-state index contributed by atoms with van der Waals surface area (Å²) in [6.45, 7) is 1.83. The maximum atomic E-state index is 13.2. The van der Waals surface area contributed by atoms with E-state index in [1.54, 1.807) is 13.0 Å². The average molecular weight is 352 g/mol. The van der Waals surface area contributed by atoms with Gasteiger partial charge < -0.3 is 9.47 Å². The maximum absolute atomic E-state index is 13.2. The predicted octanol–water partition coefficient (Wildman–Crippen LogP) is 4.32. The van der Waals surface area contributed by atoms with Crippen LogP contribution in [0.3, 0.4) is 0 Å². The largest absolute Gasteiger partial charge is 0.462 e. The minimum absolute atomic E-state index is 0.0989. The van der Waals surface area contributed by atoms with E-state index in [2.05, 4.69) is 4.74 Å². The zero-order valence-electron chi connectivity index (χ0n) is 13.2. The molecule has 0 bridgehead atoms. The van der Waals surface area contributed by atoms with Crippen LogP contribution in [0.15, 0.2) is 54.6 Å². The summed E-state index contributed by atoms with van der Waals surface area (Å²) in [6.07, 6.45) is -7.12. The Kier molecular flexibility index (Phi) is 5.80. The van der Waals surface area contributed by atoms with Crippen molar-refractivity contribution in [1.82, 2.24) is 0 Å². The van der Waals surface area contributed by atoms with E-state index in [-0.39, 0.29) is 23.3 Å². The number of alkyl halides is 3. The summed E-state index contributed by atoms with van der Waals surface area (Å²) in [5.41, 5.74) is -0.0847. The lowest BCUT2D eigenvalue weighted by atomic mass is 10.1. The normalized spacial score (nSPS) is 12.3. The van der Waals surface area contributed by atoms with E-state index in [4.69, 9.17) is 4.74 Å². The number of carbonyl (C=O) groups is 2. The zero-order valence-corrected chi connectivity index (χ0v) is 13.2. The highest BCUT2D eigenvalue weighted by molar-refractivity contribution is 5.93. The maximum Gasteiger partial charge on any atom is 0.429 e. The summed E-state index contributed by atoms with van der Waals surface area (Å²) in [6, 6.07) is 11.9. The second-order valence-electron chi connectivity index (χ2n) is 5.04. The number of hydrogen-bond acceptors (Lipinski definition) is 4. The third-order valence-corrected chi connectivity index (χ3v) is 3.26. The Morgan fingerprint density at radius 1 is 0.920 bits per heavy atom. The lowest BCUT2D eigenvalue weighted by Crippen LogP contribution is -2.26. The molecule has 0 heterocycles. The van der Waals surface area contributed by atoms with Crippen LogP contribution in [-0.4, -0.2) is 24.7 Å². The Labute approximate surface area is 142 Å². The van der Waals surface area contributed by atoms with Crippen molar-refractivity contribution in [3.05, 3.63) is 71.3 Å². The van der Waals surface area contributed by atoms with E-state index in [1.807, 2.05) is 0 Å². The lowest BCUT2D eigenvalue weighted by molar-refractivity contribution is -0.207. The molecule has 0 aliphatic heterocycles. The van der Waals surface area contributed by atoms with E-state index < -0.39 is 24.2 Å². The molecule has 0 saturated heterocycles. The molecule has 25 heavy (non-hydrogen) atoms. The monoisotopic (exact) mass is 352 g/mol. The highest BCUT2D eigenvalue weighted by Crippen LogP contribution is 2.36. The van der Waals surface area contributed by atoms with Gasteiger partial charge in [-0.05, 0) is 31.2 Å². The van der Waals surface area contributed by atoms with Crippen LogP contribution < -0.4 is 0 Å². The molecule has 0 spiro atoms. The van der Waals surface area contributed by atoms with E-state index in [0.29, 0.717) is 0 Å². The first-order chi connectivity index (χ1) is 11.8. The van der Waals surface area contributed by atoms with Crippen molar-refractivity contribution in [3.63, 3.8) is 0 Å². The fourth-order valence-electron chi connectivity index (χ4n) is 2.08. The van der Waals surface area contributed by atoms with Crippen LogP contribution >= 0.6 is 0 Å². The SMILES string of the molecule is CCOC(=O)c1ccc(C(=O)OC(c2ccccc2)C(F)(F)F)cc1. The molecule has 2 rings (SSSR count). The van der Waals surface area contributed by atoms with Crippen molar-refractivity contribution < 1.29 is 32.2 Å². The molecule has 4 nitrogen and oxygen atoms in total. The summed E-state index contributed by atoms with van der Waals surface area (Å²) in [5.74, 6) is -1.72. The molecule has 0 fully saturated rings. The summed E-state index contributed by atoms with van der Waals surface area (Å²) in [7, 11) is 0. The number of halogens is 3. The Morgan fingerprint density at radius 2 is 1.44 bits per heavy atom. The van der Waals surface area contributed by atoms with Crippen LogP contribution in [-0.2, 0) is 9.47 Å². The first-order valence-electron chi connectivity index (χ1n) is 7.42. The van der Waals surface area contributed by atoms with Gasteiger partial charge in [0.2, 0.25) is 6.10 Å². The summed E-state index contributed by atoms with van der Waals surface area (Å²) in [5, 5.41) is 0. The lowest BCUT2D eigenvalue weighted by Gasteiger charge is -2.21. The van der Waals surface area contributed by atoms with Gasteiger partial charge in [-0.15, -0.1) is 0 Å². The average Bonchev–Trinajstić information content (AvgIpc) is 2.59. The standard InChI is InChI=1S/C18H15F3O4/c1-2-24-16(22)13-8-10-14(11-9-13)17(23)25-15(18(19,20)21)12-6-4-3-5-7-12/h3-11,15H,2H2,1H3. The molecule has 0 aliphatic carbocycles. The summed E-state index contributed by atoms with van der Waals surface area (Å²) >= 11 is 0. The Morgan fingerprint density at radius 3 is 1.92 bits per heavy atom. The van der Waals surface area contributed by atoms with Gasteiger partial charge in [-0.2, -0.15) is 13.2 Å². The molecule has 0 saturated carbocycles. The van der Waals surface area contributed by atoms with Crippen molar-refractivity contribution in [2.24, 2.45) is 0 Å². The Hall–Kier alpha value is -2.83. The molecule has 0 radical (unpaired) electrons. The molecule has 0 aromatic heterocycles. The van der Waals surface area contributed by atoms with Crippen molar-refractivity contribution >= 4 is 11.9 Å². The van der Waals surface area contributed by atoms with Gasteiger partial charge in [0, 0.05) is 5.56 Å². The predicted molar refractivity (Wildman–Crippen MR) is 83.1 cm³/mol. The van der Waals surface area contributed by atoms with Gasteiger partial charge in [0.1, 0.15) is 0 Å². The number of benzene rings is 2. The molecule has 7 heteroatoms. The van der Waals surface area contributed by atoms with E-state index in [0.717, 1.165) is 0 Å². The minimum Gasteiger partial charge on any atom is -0.462 e. The van der Waals surface area contributed by atoms with Gasteiger partial charge >= 0.3 is 18.1 Å². The van der Waals surface area contributed by atoms with Crippen LogP contribution in [0.1, 0.15) is 39.3 Å². The van der Waals surface area contributed by atoms with Crippen molar-refractivity contribution in [1.29, 1.82) is 0 Å². The van der Waals surface area contributed by atoms with Gasteiger partial charge in [0.25, 0.3) is 0 Å². The third-order valence-electron chi connectivity index (χ3n) is 3.26. The van der Waals surface area contributed by atoms with Crippen molar-refractivity contribution in [3.8, 4) is 0 Å². The van der Waals surface area contributed by atoms with Gasteiger partial charge in [-0.3, -0.25) is 0 Å². The van der Waals surface area contributed by atoms with Crippen LogP contribution in [0, 0.1) is 0 Å². The molecule has 0 N–H and O–H groups in total. The summed E-state index contributed by atoms with van der Waals surface area (Å²) in [4.78, 5) is 23.6. The smallest absolute Gasteiger partial charge is 0.429 e. The van der Waals surface area contributed by atoms with E-state index in [9.17, 15) is 22.8 Å². The number of carbonyl (C=O) groups excluding carboxylic acids is 2. The van der Waals surface area contributed by atoms with Gasteiger partial charge in [-0.25, -0.2) is 9.59 Å². The zero-order chi connectivity index (χ0) is 18.4. The van der Waals surface area contributed by atoms with Crippen molar-refractivity contribution in [2.45, 2.75) is 19.2 Å². The molecule has 1 atom stereocenters. The first-order valence-corrected chi connectivity index (χ1v) is 7.42. The summed E-state index contributed by atoms with van der Waals surface area (Å²) < 4.78 is 49.0. The van der Waals surface area contributed by atoms with Crippen LogP contribution in [0.25, 0.3) is 0 Å². The fraction of sp³-hybridized carbons (Fsp3) is 0.222. The second-order valence-corrected chi connectivity index (χ2v) is 5.04. The number of rotatable bonds is 5. The Bertz CT molecular complexity index is 724. The molecule has 2 aromatic rings. The highest BCUT2D eigenvalue weighted by atomic mass is 19.4. The van der Waals surface area contributed by atoms with E-state index >= 15 is 0 Å². The number of ether oxygens (including phenoxy) is 2. The Balaban J connectivity index is 2.17. The molecule has 2 aromatic carbocycles. The third kappa shape index (κ3) is 4.82. The molecule has 0 amide bonds. The van der Waals surface area contributed by atoms with Crippen LogP contribution in [0.2, 0.25) is 0 Å². The molecular weight excluding hydrogens is 337 g/mol. The van der Waals surface area contributed by atoms with E-state index in [1.165, 1.54) is 48.5 Å². The van der Waals surface area contributed by atoms with Crippen LogP contribution in [0.4, 0.5) is 13.2 Å². The molecule has 1 unspecified atom stereocenters. The topological polar surface area (TPSA) is 52.6 Å². The molecule has 0 aliphatic rings.